The van der Waals surface area contributed by atoms with Gasteiger partial charge in [-0.3, -0.25) is 9.59 Å². The molecule has 2 N–H and O–H groups in total. The molecule has 8 nitrogen and oxygen atoms in total. The second-order valence-electron chi connectivity index (χ2n) is 8.23. The van der Waals surface area contributed by atoms with Gasteiger partial charge in [-0.05, 0) is 25.0 Å². The molecular weight excluding hydrogens is 392 g/mol. The molecule has 1 atom stereocenters. The van der Waals surface area contributed by atoms with E-state index < -0.39 is 0 Å². The number of imidazole rings is 2. The molecule has 1 unspecified atom stereocenters. The van der Waals surface area contributed by atoms with Crippen LogP contribution in [0, 0.1) is 0 Å². The number of aromatic amines is 1. The van der Waals surface area contributed by atoms with Crippen molar-refractivity contribution >= 4 is 17.3 Å². The van der Waals surface area contributed by atoms with Crippen LogP contribution in [0.15, 0.2) is 43.2 Å². The van der Waals surface area contributed by atoms with Gasteiger partial charge < -0.3 is 19.6 Å². The summed E-state index contributed by atoms with van der Waals surface area (Å²) in [6, 6.07) is 3.56. The summed E-state index contributed by atoms with van der Waals surface area (Å²) in [4.78, 5) is 37.7. The molecule has 3 aromatic rings. The fourth-order valence-corrected chi connectivity index (χ4v) is 4.28. The number of aromatic nitrogens is 4. The first-order chi connectivity index (χ1) is 15.2. The van der Waals surface area contributed by atoms with Gasteiger partial charge >= 0.3 is 0 Å². The first-order valence-electron chi connectivity index (χ1n) is 11.2. The zero-order valence-electron chi connectivity index (χ0n) is 17.8. The van der Waals surface area contributed by atoms with Crippen LogP contribution < -0.4 is 5.32 Å². The number of carbonyl (C=O) groups is 2. The molecule has 1 saturated heterocycles. The van der Waals surface area contributed by atoms with Crippen LogP contribution in [0.25, 0.3) is 5.52 Å². The molecule has 0 aromatic carbocycles. The van der Waals surface area contributed by atoms with Gasteiger partial charge in [0.05, 0.1) is 23.6 Å². The van der Waals surface area contributed by atoms with Gasteiger partial charge in [-0.25, -0.2) is 9.97 Å². The van der Waals surface area contributed by atoms with Gasteiger partial charge in [0, 0.05) is 37.7 Å². The molecule has 2 fully saturated rings. The molecule has 1 aliphatic carbocycles. The third-order valence-electron chi connectivity index (χ3n) is 5.94. The highest BCUT2D eigenvalue weighted by Crippen LogP contribution is 2.18. The lowest BCUT2D eigenvalue weighted by atomic mass is 10.0. The molecule has 5 rings (SSSR count). The number of nitrogens with zero attached hydrogens (tertiary/aromatic N) is 4. The number of likely N-dealkylation sites (tertiary alicyclic amines) is 1. The molecule has 2 amide bonds. The molecule has 0 bridgehead atoms. The molecule has 2 aliphatic rings. The third-order valence-corrected chi connectivity index (χ3v) is 5.94. The van der Waals surface area contributed by atoms with Crippen LogP contribution >= 0.6 is 0 Å². The van der Waals surface area contributed by atoms with Crippen LogP contribution in [0.5, 0.6) is 0 Å². The van der Waals surface area contributed by atoms with Crippen LogP contribution in [0.1, 0.15) is 72.3 Å². The van der Waals surface area contributed by atoms with Crippen molar-refractivity contribution in [1.82, 2.24) is 29.6 Å². The Labute approximate surface area is 182 Å². The van der Waals surface area contributed by atoms with E-state index in [0.29, 0.717) is 18.7 Å². The first kappa shape index (κ1) is 21.1. The average molecular weight is 423 g/mol. The molecule has 4 heterocycles. The Morgan fingerprint density at radius 1 is 1.10 bits per heavy atom. The summed E-state index contributed by atoms with van der Waals surface area (Å²) in [6.45, 7) is 1.17. The maximum Gasteiger partial charge on any atom is 0.287 e. The van der Waals surface area contributed by atoms with Crippen LogP contribution in [-0.4, -0.2) is 55.2 Å². The number of hydrogen-bond donors (Lipinski definition) is 2. The van der Waals surface area contributed by atoms with Gasteiger partial charge in [0.15, 0.2) is 5.82 Å². The minimum absolute atomic E-state index is 0.0388. The molecule has 0 radical (unpaired) electrons. The Balaban J connectivity index is 0.000000334. The van der Waals surface area contributed by atoms with Crippen molar-refractivity contribution in [1.29, 1.82) is 0 Å². The average Bonchev–Trinajstić information content (AvgIpc) is 3.52. The molecule has 1 saturated carbocycles. The third kappa shape index (κ3) is 5.31. The smallest absolute Gasteiger partial charge is 0.287 e. The Morgan fingerprint density at radius 3 is 2.58 bits per heavy atom. The monoisotopic (exact) mass is 422 g/mol. The van der Waals surface area contributed by atoms with Gasteiger partial charge in [0.25, 0.3) is 11.8 Å². The van der Waals surface area contributed by atoms with Gasteiger partial charge in [0.2, 0.25) is 0 Å². The van der Waals surface area contributed by atoms with Crippen molar-refractivity contribution in [3.8, 4) is 0 Å². The lowest BCUT2D eigenvalue weighted by Gasteiger charge is -2.33. The maximum absolute atomic E-state index is 12.9. The predicted molar refractivity (Wildman–Crippen MR) is 118 cm³/mol. The van der Waals surface area contributed by atoms with E-state index in [1.54, 1.807) is 23.6 Å². The van der Waals surface area contributed by atoms with Gasteiger partial charge in [-0.15, -0.1) is 0 Å². The van der Waals surface area contributed by atoms with Crippen molar-refractivity contribution in [2.24, 2.45) is 0 Å². The number of carbonyl (C=O) groups excluding carboxylic acids is 2. The Morgan fingerprint density at radius 2 is 1.87 bits per heavy atom. The zero-order valence-corrected chi connectivity index (χ0v) is 17.8. The first-order valence-corrected chi connectivity index (χ1v) is 11.2. The largest absolute Gasteiger partial charge is 0.345 e. The normalized spacial score (nSPS) is 18.8. The highest BCUT2D eigenvalue weighted by molar-refractivity contribution is 6.00. The zero-order chi connectivity index (χ0) is 21.5. The van der Waals surface area contributed by atoms with E-state index in [1.165, 1.54) is 44.7 Å². The van der Waals surface area contributed by atoms with Crippen molar-refractivity contribution in [2.75, 3.05) is 13.1 Å². The number of rotatable bonds is 3. The molecule has 1 aliphatic heterocycles. The van der Waals surface area contributed by atoms with Crippen molar-refractivity contribution in [3.63, 3.8) is 0 Å². The van der Waals surface area contributed by atoms with Crippen LogP contribution in [0.4, 0.5) is 0 Å². The lowest BCUT2D eigenvalue weighted by Crippen LogP contribution is -2.49. The van der Waals surface area contributed by atoms with Gasteiger partial charge in [-0.1, -0.05) is 38.5 Å². The summed E-state index contributed by atoms with van der Waals surface area (Å²) in [5.74, 6) is -0.00211. The van der Waals surface area contributed by atoms with E-state index in [1.807, 2.05) is 22.7 Å². The Bertz CT molecular complexity index is 981. The maximum atomic E-state index is 12.9. The standard InChI is InChI=1S/C17H18N6O2.C6H12/c24-16(15-19-5-6-20-15)21-12-3-1-7-22(10-12)17(25)13-4-2-8-23-11-18-9-14(13)23;1-2-4-6-5-3-1/h2,4-6,8-9,11-12H,1,3,7,10H2,(H,19,20)(H,21,24);1-6H2. The van der Waals surface area contributed by atoms with Crippen LogP contribution in [-0.2, 0) is 0 Å². The van der Waals surface area contributed by atoms with Crippen LogP contribution in [0.2, 0.25) is 0 Å². The molecular formula is C23H30N6O2. The second kappa shape index (κ2) is 10.2. The molecule has 3 aromatic heterocycles. The number of hydrogen-bond acceptors (Lipinski definition) is 4. The number of nitrogens with one attached hydrogen (secondary N) is 2. The van der Waals surface area contributed by atoms with E-state index in [0.717, 1.165) is 18.4 Å². The van der Waals surface area contributed by atoms with E-state index in [9.17, 15) is 9.59 Å². The SMILES string of the molecule is C1CCCCC1.O=C(NC1CCCN(C(=O)c2cccn3cncc23)C1)c1ncc[nH]1. The minimum Gasteiger partial charge on any atom is -0.345 e. The number of fused-ring (bicyclic) bond motifs is 1. The summed E-state index contributed by atoms with van der Waals surface area (Å²) in [5, 5.41) is 2.95. The van der Waals surface area contributed by atoms with Gasteiger partial charge in [-0.2, -0.15) is 0 Å². The van der Waals surface area contributed by atoms with E-state index in [-0.39, 0.29) is 23.7 Å². The highest BCUT2D eigenvalue weighted by Gasteiger charge is 2.27. The van der Waals surface area contributed by atoms with E-state index in [2.05, 4.69) is 20.3 Å². The minimum atomic E-state index is -0.248. The fourth-order valence-electron chi connectivity index (χ4n) is 4.28. The molecule has 164 valence electrons. The summed E-state index contributed by atoms with van der Waals surface area (Å²) in [5.41, 5.74) is 1.41. The molecule has 31 heavy (non-hydrogen) atoms. The molecule has 8 heteroatoms. The number of amides is 2. The second-order valence-corrected chi connectivity index (χ2v) is 8.23. The number of H-pyrrole nitrogens is 1. The summed E-state index contributed by atoms with van der Waals surface area (Å²) >= 11 is 0. The van der Waals surface area contributed by atoms with Gasteiger partial charge in [0.1, 0.15) is 0 Å². The summed E-state index contributed by atoms with van der Waals surface area (Å²) in [6.07, 6.45) is 19.1. The number of pyridine rings is 1. The Kier molecular flexibility index (Phi) is 6.96. The fraction of sp³-hybridized carbons (Fsp3) is 0.478. The van der Waals surface area contributed by atoms with Crippen molar-refractivity contribution < 1.29 is 9.59 Å². The van der Waals surface area contributed by atoms with E-state index >= 15 is 0 Å². The Hall–Kier alpha value is -3.16. The molecule has 0 spiro atoms. The lowest BCUT2D eigenvalue weighted by molar-refractivity contribution is 0.0676. The van der Waals surface area contributed by atoms with Crippen molar-refractivity contribution in [3.05, 3.63) is 54.6 Å². The summed E-state index contributed by atoms with van der Waals surface area (Å²) < 4.78 is 1.83. The predicted octanol–water partition coefficient (Wildman–Crippen LogP) is 3.43. The summed E-state index contributed by atoms with van der Waals surface area (Å²) in [7, 11) is 0. The number of piperidine rings is 1. The van der Waals surface area contributed by atoms with Crippen molar-refractivity contribution in [2.45, 2.75) is 57.4 Å². The van der Waals surface area contributed by atoms with E-state index in [4.69, 9.17) is 0 Å². The highest BCUT2D eigenvalue weighted by atomic mass is 16.2. The quantitative estimate of drug-likeness (QED) is 0.676. The van der Waals surface area contributed by atoms with Crippen LogP contribution in [0.3, 0.4) is 0 Å². The topological polar surface area (TPSA) is 95.4 Å².